The van der Waals surface area contributed by atoms with E-state index in [0.29, 0.717) is 36.1 Å². The van der Waals surface area contributed by atoms with Gasteiger partial charge in [-0.2, -0.15) is 0 Å². The molecule has 2 heterocycles. The molecule has 2 atom stereocenters. The lowest BCUT2D eigenvalue weighted by molar-refractivity contribution is -0.119. The molecule has 1 saturated heterocycles. The number of carbonyl (C=O) groups excluding carboxylic acids is 2. The maximum absolute atomic E-state index is 12.8. The number of nitrogens with zero attached hydrogens (tertiary/aromatic N) is 1. The number of amides is 3. The summed E-state index contributed by atoms with van der Waals surface area (Å²) in [7, 11) is 0. The molecule has 2 aliphatic heterocycles. The summed E-state index contributed by atoms with van der Waals surface area (Å²) >= 11 is 0. The average Bonchev–Trinajstić information content (AvgIpc) is 3.11. The number of likely N-dealkylation sites (tertiary alicyclic amines) is 1. The highest BCUT2D eigenvalue weighted by Gasteiger charge is 2.39. The number of fused-ring (bicyclic) bond motifs is 1. The van der Waals surface area contributed by atoms with Gasteiger partial charge in [0.25, 0.3) is 0 Å². The second kappa shape index (κ2) is 7.77. The molecule has 2 aliphatic rings. The van der Waals surface area contributed by atoms with E-state index in [4.69, 9.17) is 9.47 Å². The Balaban J connectivity index is 1.45. The molecule has 8 nitrogen and oxygen atoms in total. The molecule has 0 aliphatic carbocycles. The highest BCUT2D eigenvalue weighted by molar-refractivity contribution is 5.99. The maximum Gasteiger partial charge on any atom is 0.322 e. The van der Waals surface area contributed by atoms with Gasteiger partial charge in [0.15, 0.2) is 11.5 Å². The van der Waals surface area contributed by atoms with Crippen molar-refractivity contribution in [1.82, 2.24) is 4.90 Å². The summed E-state index contributed by atoms with van der Waals surface area (Å²) in [5, 5.41) is 15.6. The molecule has 0 bridgehead atoms. The van der Waals surface area contributed by atoms with Gasteiger partial charge in [0.1, 0.15) is 19.3 Å². The second-order valence-electron chi connectivity index (χ2n) is 6.70. The number of para-hydroxylation sites is 1. The first-order valence-corrected chi connectivity index (χ1v) is 9.11. The van der Waals surface area contributed by atoms with Gasteiger partial charge in [-0.3, -0.25) is 4.79 Å². The van der Waals surface area contributed by atoms with E-state index in [9.17, 15) is 14.7 Å². The van der Waals surface area contributed by atoms with E-state index in [-0.39, 0.29) is 18.9 Å². The van der Waals surface area contributed by atoms with Crippen molar-refractivity contribution in [2.45, 2.75) is 18.6 Å². The number of benzene rings is 2. The van der Waals surface area contributed by atoms with Crippen LogP contribution in [0.15, 0.2) is 48.5 Å². The summed E-state index contributed by atoms with van der Waals surface area (Å²) < 4.78 is 11.0. The molecule has 2 aromatic carbocycles. The number of rotatable bonds is 3. The van der Waals surface area contributed by atoms with E-state index in [1.54, 1.807) is 42.5 Å². The van der Waals surface area contributed by atoms with Gasteiger partial charge in [0.05, 0.1) is 6.10 Å². The van der Waals surface area contributed by atoms with Crippen LogP contribution in [0.4, 0.5) is 16.2 Å². The fraction of sp³-hybridized carbons (Fsp3) is 0.300. The molecule has 28 heavy (non-hydrogen) atoms. The lowest BCUT2D eigenvalue weighted by atomic mass is 10.1. The predicted molar refractivity (Wildman–Crippen MR) is 103 cm³/mol. The summed E-state index contributed by atoms with van der Waals surface area (Å²) in [5.74, 6) is 0.829. The van der Waals surface area contributed by atoms with Crippen LogP contribution in [0.5, 0.6) is 11.5 Å². The molecule has 4 rings (SSSR count). The fourth-order valence-corrected chi connectivity index (χ4v) is 3.35. The Morgan fingerprint density at radius 2 is 1.71 bits per heavy atom. The Labute approximate surface area is 162 Å². The van der Waals surface area contributed by atoms with Gasteiger partial charge in [-0.05, 0) is 24.3 Å². The van der Waals surface area contributed by atoms with Crippen LogP contribution in [-0.2, 0) is 4.79 Å². The number of hydrogen-bond acceptors (Lipinski definition) is 5. The Morgan fingerprint density at radius 1 is 0.964 bits per heavy atom. The van der Waals surface area contributed by atoms with Crippen LogP contribution in [-0.4, -0.2) is 53.8 Å². The quantitative estimate of drug-likeness (QED) is 0.753. The van der Waals surface area contributed by atoms with Crippen LogP contribution >= 0.6 is 0 Å². The summed E-state index contributed by atoms with van der Waals surface area (Å²) in [6.07, 6.45) is -0.573. The minimum atomic E-state index is -0.771. The molecule has 0 radical (unpaired) electrons. The molecule has 146 valence electrons. The number of aliphatic hydroxyl groups excluding tert-OH is 1. The molecule has 8 heteroatoms. The van der Waals surface area contributed by atoms with Crippen molar-refractivity contribution in [3.63, 3.8) is 0 Å². The average molecular weight is 383 g/mol. The van der Waals surface area contributed by atoms with Gasteiger partial charge in [-0.1, -0.05) is 18.2 Å². The summed E-state index contributed by atoms with van der Waals surface area (Å²) in [6, 6.07) is 12.9. The van der Waals surface area contributed by atoms with E-state index >= 15 is 0 Å². The monoisotopic (exact) mass is 383 g/mol. The first-order chi connectivity index (χ1) is 13.6. The normalized spacial score (nSPS) is 20.5. The van der Waals surface area contributed by atoms with Gasteiger partial charge < -0.3 is 30.1 Å². The van der Waals surface area contributed by atoms with Crippen molar-refractivity contribution >= 4 is 23.3 Å². The predicted octanol–water partition coefficient (Wildman–Crippen LogP) is 2.06. The molecule has 0 saturated carbocycles. The second-order valence-corrected chi connectivity index (χ2v) is 6.70. The zero-order chi connectivity index (χ0) is 19.5. The van der Waals surface area contributed by atoms with Crippen LogP contribution < -0.4 is 20.1 Å². The van der Waals surface area contributed by atoms with E-state index in [2.05, 4.69) is 10.6 Å². The first kappa shape index (κ1) is 18.1. The number of carbonyl (C=O) groups is 2. The molecule has 1 fully saturated rings. The number of anilines is 2. The van der Waals surface area contributed by atoms with E-state index in [1.807, 2.05) is 6.07 Å². The van der Waals surface area contributed by atoms with E-state index < -0.39 is 18.2 Å². The van der Waals surface area contributed by atoms with Crippen molar-refractivity contribution in [2.24, 2.45) is 0 Å². The summed E-state index contributed by atoms with van der Waals surface area (Å²) in [6.45, 7) is 1.04. The molecule has 0 unspecified atom stereocenters. The number of urea groups is 1. The van der Waals surface area contributed by atoms with Crippen molar-refractivity contribution in [3.05, 3.63) is 48.5 Å². The van der Waals surface area contributed by atoms with Crippen molar-refractivity contribution in [2.75, 3.05) is 30.4 Å². The Kier molecular flexibility index (Phi) is 5.03. The lowest BCUT2D eigenvalue weighted by Crippen LogP contribution is -2.45. The highest BCUT2D eigenvalue weighted by atomic mass is 16.6. The third-order valence-electron chi connectivity index (χ3n) is 4.68. The molecule has 0 aromatic heterocycles. The van der Waals surface area contributed by atoms with Crippen molar-refractivity contribution < 1.29 is 24.2 Å². The topological polar surface area (TPSA) is 100 Å². The first-order valence-electron chi connectivity index (χ1n) is 9.11. The van der Waals surface area contributed by atoms with Crippen LogP contribution in [0.3, 0.4) is 0 Å². The number of ether oxygens (including phenoxy) is 2. The van der Waals surface area contributed by atoms with Gasteiger partial charge in [-0.25, -0.2) is 4.79 Å². The summed E-state index contributed by atoms with van der Waals surface area (Å²) in [4.78, 5) is 26.7. The minimum Gasteiger partial charge on any atom is -0.486 e. The number of hydrogen-bond donors (Lipinski definition) is 3. The van der Waals surface area contributed by atoms with E-state index in [1.165, 1.54) is 4.90 Å². The molecule has 2 aromatic rings. The molecule has 3 N–H and O–H groups in total. The highest BCUT2D eigenvalue weighted by Crippen LogP contribution is 2.33. The standard InChI is InChI=1S/C20H21N3O5/c24-15-11-16(23(12-15)20(26)22-13-4-2-1-3-5-13)19(25)21-14-6-7-17-18(10-14)28-9-8-27-17/h1-7,10,15-16,24H,8-9,11-12H2,(H,21,25)(H,22,26)/t15-,16-/m0/s1. The van der Waals surface area contributed by atoms with Crippen molar-refractivity contribution in [1.29, 1.82) is 0 Å². The van der Waals surface area contributed by atoms with E-state index in [0.717, 1.165) is 0 Å². The van der Waals surface area contributed by atoms with Crippen LogP contribution in [0.1, 0.15) is 6.42 Å². The molecule has 3 amide bonds. The van der Waals surface area contributed by atoms with Crippen LogP contribution in [0, 0.1) is 0 Å². The third kappa shape index (κ3) is 3.86. The largest absolute Gasteiger partial charge is 0.486 e. The number of aliphatic hydroxyl groups is 1. The van der Waals surface area contributed by atoms with Crippen LogP contribution in [0.2, 0.25) is 0 Å². The zero-order valence-corrected chi connectivity index (χ0v) is 15.1. The molecular weight excluding hydrogens is 362 g/mol. The SMILES string of the molecule is O=C(Nc1ccc2c(c1)OCCO2)[C@@H]1C[C@H](O)CN1C(=O)Nc1ccccc1. The number of β-amino-alcohol motifs (C(OH)–C–C–N with tert-alkyl or cyclic N) is 1. The minimum absolute atomic E-state index is 0.0951. The van der Waals surface area contributed by atoms with Gasteiger partial charge >= 0.3 is 6.03 Å². The van der Waals surface area contributed by atoms with Gasteiger partial charge in [-0.15, -0.1) is 0 Å². The molecule has 0 spiro atoms. The summed E-state index contributed by atoms with van der Waals surface area (Å²) in [5.41, 5.74) is 1.17. The maximum atomic E-state index is 12.8. The van der Waals surface area contributed by atoms with Crippen molar-refractivity contribution in [3.8, 4) is 11.5 Å². The van der Waals surface area contributed by atoms with Gasteiger partial charge in [0.2, 0.25) is 5.91 Å². The number of nitrogens with one attached hydrogen (secondary N) is 2. The zero-order valence-electron chi connectivity index (χ0n) is 15.1. The smallest absolute Gasteiger partial charge is 0.322 e. The Hall–Kier alpha value is -3.26. The van der Waals surface area contributed by atoms with Gasteiger partial charge in [0, 0.05) is 30.4 Å². The third-order valence-corrected chi connectivity index (χ3v) is 4.68. The molecular formula is C20H21N3O5. The van der Waals surface area contributed by atoms with Crippen LogP contribution in [0.25, 0.3) is 0 Å². The Morgan fingerprint density at radius 3 is 2.50 bits per heavy atom. The lowest BCUT2D eigenvalue weighted by Gasteiger charge is -2.24. The Bertz CT molecular complexity index is 873. The fourth-order valence-electron chi connectivity index (χ4n) is 3.35.